The zero-order valence-corrected chi connectivity index (χ0v) is 18.1. The van der Waals surface area contributed by atoms with Crippen LogP contribution < -0.4 is 4.90 Å². The topological polar surface area (TPSA) is 35.9 Å². The number of aryl methyl sites for hydroxylation is 1. The number of carbonyl (C=O) groups is 1. The molecule has 0 bridgehead atoms. The summed E-state index contributed by atoms with van der Waals surface area (Å²) >= 11 is 0. The molecule has 152 valence electrons. The third kappa shape index (κ3) is 5.14. The van der Waals surface area contributed by atoms with E-state index in [2.05, 4.69) is 39.5 Å². The van der Waals surface area contributed by atoms with E-state index in [1.54, 1.807) is 4.90 Å². The summed E-state index contributed by atoms with van der Waals surface area (Å²) in [6.45, 7) is 12.5. The average Bonchev–Trinajstić information content (AvgIpc) is 2.98. The molecule has 1 aliphatic rings. The van der Waals surface area contributed by atoms with Gasteiger partial charge < -0.3 is 4.90 Å². The first kappa shape index (κ1) is 20.8. The maximum Gasteiger partial charge on any atom is 0.283 e. The Morgan fingerprint density at radius 3 is 2.07 bits per heavy atom. The van der Waals surface area contributed by atoms with E-state index in [-0.39, 0.29) is 5.91 Å². The molecule has 0 radical (unpaired) electrons. The zero-order chi connectivity index (χ0) is 21.0. The molecule has 0 saturated carbocycles. The van der Waals surface area contributed by atoms with Crippen LogP contribution in [0.25, 0.3) is 6.08 Å². The van der Waals surface area contributed by atoms with Crippen molar-refractivity contribution in [1.82, 2.24) is 4.90 Å². The minimum absolute atomic E-state index is 0.0785. The van der Waals surface area contributed by atoms with Crippen molar-refractivity contribution < 1.29 is 4.79 Å². The van der Waals surface area contributed by atoms with E-state index < -0.39 is 0 Å². The number of hydrogen-bond donors (Lipinski definition) is 0. The fraction of sp³-hybridized carbons (Fsp3) is 0.360. The van der Waals surface area contributed by atoms with Gasteiger partial charge >= 0.3 is 0 Å². The van der Waals surface area contributed by atoms with Crippen LogP contribution in [0.1, 0.15) is 38.8 Å². The first-order valence-corrected chi connectivity index (χ1v) is 10.4. The Hall–Kier alpha value is -2.88. The second kappa shape index (κ2) is 9.08. The van der Waals surface area contributed by atoms with E-state index in [4.69, 9.17) is 4.99 Å². The fourth-order valence-corrected chi connectivity index (χ4v) is 3.47. The first-order chi connectivity index (χ1) is 13.8. The molecule has 0 N–H and O–H groups in total. The summed E-state index contributed by atoms with van der Waals surface area (Å²) in [5, 5.41) is 0. The highest BCUT2D eigenvalue weighted by atomic mass is 16.2. The molecule has 2 aromatic carbocycles. The van der Waals surface area contributed by atoms with Gasteiger partial charge in [0.1, 0.15) is 5.70 Å². The van der Waals surface area contributed by atoms with Crippen molar-refractivity contribution in [3.63, 3.8) is 0 Å². The standard InChI is InChI=1S/C25H31N3O/c1-18(2)16-27(17-19(3)4)25-26-23(15-21-9-7-6-8-10-21)24(29)28(25)22-13-11-20(5)12-14-22/h6-15,18-19H,16-17H2,1-5H3/b23-15-. The number of aliphatic imine (C=N–C) groups is 1. The Bertz CT molecular complexity index is 885. The van der Waals surface area contributed by atoms with Crippen molar-refractivity contribution in [2.75, 3.05) is 18.0 Å². The molecule has 29 heavy (non-hydrogen) atoms. The quantitative estimate of drug-likeness (QED) is 0.624. The van der Waals surface area contributed by atoms with Gasteiger partial charge in [-0.1, -0.05) is 75.7 Å². The molecule has 2 aromatic rings. The third-order valence-electron chi connectivity index (χ3n) is 4.69. The minimum atomic E-state index is -0.0785. The Morgan fingerprint density at radius 2 is 1.52 bits per heavy atom. The SMILES string of the molecule is Cc1ccc(N2C(=O)/C(=C/c3ccccc3)N=C2N(CC(C)C)CC(C)C)cc1. The fourth-order valence-electron chi connectivity index (χ4n) is 3.47. The molecule has 0 fully saturated rings. The predicted molar refractivity (Wildman–Crippen MR) is 122 cm³/mol. The molecule has 1 heterocycles. The van der Waals surface area contributed by atoms with Gasteiger partial charge in [0.15, 0.2) is 0 Å². The number of amides is 1. The van der Waals surface area contributed by atoms with E-state index in [1.165, 1.54) is 5.56 Å². The van der Waals surface area contributed by atoms with Crippen LogP contribution in [-0.2, 0) is 4.79 Å². The lowest BCUT2D eigenvalue weighted by Crippen LogP contribution is -2.47. The number of rotatable bonds is 6. The second-order valence-corrected chi connectivity index (χ2v) is 8.52. The van der Waals surface area contributed by atoms with E-state index >= 15 is 0 Å². The Kier molecular flexibility index (Phi) is 6.53. The number of anilines is 1. The zero-order valence-electron chi connectivity index (χ0n) is 18.1. The van der Waals surface area contributed by atoms with Gasteiger partial charge in [0.25, 0.3) is 5.91 Å². The van der Waals surface area contributed by atoms with Gasteiger partial charge in [-0.3, -0.25) is 4.79 Å². The maximum atomic E-state index is 13.4. The van der Waals surface area contributed by atoms with Crippen LogP contribution in [0.3, 0.4) is 0 Å². The highest BCUT2D eigenvalue weighted by Crippen LogP contribution is 2.27. The predicted octanol–water partition coefficient (Wildman–Crippen LogP) is 5.35. The minimum Gasteiger partial charge on any atom is -0.341 e. The average molecular weight is 390 g/mol. The van der Waals surface area contributed by atoms with Crippen LogP contribution in [0, 0.1) is 18.8 Å². The number of benzene rings is 2. The Balaban J connectivity index is 2.06. The third-order valence-corrected chi connectivity index (χ3v) is 4.69. The van der Waals surface area contributed by atoms with Crippen LogP contribution in [0.2, 0.25) is 0 Å². The summed E-state index contributed by atoms with van der Waals surface area (Å²) in [7, 11) is 0. The highest BCUT2D eigenvalue weighted by Gasteiger charge is 2.35. The van der Waals surface area contributed by atoms with Crippen molar-refractivity contribution in [1.29, 1.82) is 0 Å². The van der Waals surface area contributed by atoms with Gasteiger partial charge in [0.2, 0.25) is 5.96 Å². The van der Waals surface area contributed by atoms with Crippen molar-refractivity contribution >= 4 is 23.6 Å². The van der Waals surface area contributed by atoms with Gasteiger partial charge in [-0.15, -0.1) is 0 Å². The lowest BCUT2D eigenvalue weighted by Gasteiger charge is -2.32. The smallest absolute Gasteiger partial charge is 0.283 e. The van der Waals surface area contributed by atoms with E-state index in [0.717, 1.165) is 30.3 Å². The number of hydrogen-bond acceptors (Lipinski definition) is 3. The summed E-state index contributed by atoms with van der Waals surface area (Å²) in [5.41, 5.74) is 3.47. The van der Waals surface area contributed by atoms with Gasteiger partial charge in [0.05, 0.1) is 5.69 Å². The molecular weight excluding hydrogens is 358 g/mol. The lowest BCUT2D eigenvalue weighted by molar-refractivity contribution is -0.113. The summed E-state index contributed by atoms with van der Waals surface area (Å²) in [6.07, 6.45) is 1.87. The van der Waals surface area contributed by atoms with Crippen LogP contribution in [0.4, 0.5) is 5.69 Å². The van der Waals surface area contributed by atoms with E-state index in [0.29, 0.717) is 17.5 Å². The summed E-state index contributed by atoms with van der Waals surface area (Å²) in [6, 6.07) is 18.0. The largest absolute Gasteiger partial charge is 0.341 e. The highest BCUT2D eigenvalue weighted by molar-refractivity contribution is 6.28. The Morgan fingerprint density at radius 1 is 0.931 bits per heavy atom. The molecule has 0 aromatic heterocycles. The summed E-state index contributed by atoms with van der Waals surface area (Å²) in [5.74, 6) is 1.58. The summed E-state index contributed by atoms with van der Waals surface area (Å²) in [4.78, 5) is 22.2. The van der Waals surface area contributed by atoms with Crippen LogP contribution in [0.15, 0.2) is 65.3 Å². The molecule has 0 atom stereocenters. The van der Waals surface area contributed by atoms with Crippen molar-refractivity contribution in [3.8, 4) is 0 Å². The van der Waals surface area contributed by atoms with Crippen molar-refractivity contribution in [2.45, 2.75) is 34.6 Å². The molecule has 0 aliphatic carbocycles. The molecular formula is C25H31N3O. The van der Waals surface area contributed by atoms with Crippen LogP contribution in [-0.4, -0.2) is 29.9 Å². The van der Waals surface area contributed by atoms with Gasteiger partial charge in [-0.2, -0.15) is 0 Å². The maximum absolute atomic E-state index is 13.4. The van der Waals surface area contributed by atoms with Crippen LogP contribution in [0.5, 0.6) is 0 Å². The normalized spacial score (nSPS) is 15.6. The molecule has 0 saturated heterocycles. The molecule has 4 heteroatoms. The van der Waals surface area contributed by atoms with E-state index in [1.807, 2.05) is 60.7 Å². The molecule has 0 unspecified atom stereocenters. The van der Waals surface area contributed by atoms with Gasteiger partial charge in [-0.25, -0.2) is 9.89 Å². The molecule has 4 nitrogen and oxygen atoms in total. The number of nitrogens with zero attached hydrogens (tertiary/aromatic N) is 3. The number of carbonyl (C=O) groups excluding carboxylic acids is 1. The van der Waals surface area contributed by atoms with Crippen molar-refractivity contribution in [2.24, 2.45) is 16.8 Å². The molecule has 1 amide bonds. The molecule has 1 aliphatic heterocycles. The van der Waals surface area contributed by atoms with Crippen LogP contribution >= 0.6 is 0 Å². The second-order valence-electron chi connectivity index (χ2n) is 8.52. The molecule has 3 rings (SSSR count). The van der Waals surface area contributed by atoms with E-state index in [9.17, 15) is 4.79 Å². The Labute approximate surface area is 174 Å². The van der Waals surface area contributed by atoms with Gasteiger partial charge in [-0.05, 0) is 42.5 Å². The first-order valence-electron chi connectivity index (χ1n) is 10.4. The van der Waals surface area contributed by atoms with Gasteiger partial charge in [0, 0.05) is 13.1 Å². The molecule has 0 spiro atoms. The summed E-state index contributed by atoms with van der Waals surface area (Å²) < 4.78 is 0. The number of guanidine groups is 1. The lowest BCUT2D eigenvalue weighted by atomic mass is 10.1. The van der Waals surface area contributed by atoms with Crippen molar-refractivity contribution in [3.05, 3.63) is 71.4 Å². The monoisotopic (exact) mass is 389 g/mol.